The van der Waals surface area contributed by atoms with Crippen LogP contribution in [0, 0.1) is 47.3 Å². The fraction of sp³-hybridized carbons (Fsp3) is 1.00. The Kier molecular flexibility index (Phi) is 21.7. The molecule has 2 aliphatic carbocycles. The van der Waals surface area contributed by atoms with Crippen molar-refractivity contribution >= 4 is 0 Å². The molecule has 0 radical (unpaired) electrons. The van der Waals surface area contributed by atoms with E-state index in [4.69, 9.17) is 0 Å². The van der Waals surface area contributed by atoms with E-state index in [1.165, 1.54) is 32.1 Å². The SMILES string of the molecule is C.C.C.C.C.C.CCC1CC(C)C(C2C(C)CC(C)CC2C)C(C)C1. The monoisotopic (exact) mass is 360 g/mol. The lowest BCUT2D eigenvalue weighted by atomic mass is 9.55. The van der Waals surface area contributed by atoms with Gasteiger partial charge in [-0.05, 0) is 73.0 Å². The van der Waals surface area contributed by atoms with Gasteiger partial charge in [-0.3, -0.25) is 0 Å². The summed E-state index contributed by atoms with van der Waals surface area (Å²) in [4.78, 5) is 0. The van der Waals surface area contributed by atoms with Gasteiger partial charge in [0.2, 0.25) is 0 Å². The number of hydrogen-bond donors (Lipinski definition) is 0. The molecule has 0 spiro atoms. The molecule has 2 rings (SSSR count). The van der Waals surface area contributed by atoms with Crippen LogP contribution in [0.15, 0.2) is 0 Å². The van der Waals surface area contributed by atoms with Gasteiger partial charge in [0.1, 0.15) is 0 Å². The molecule has 0 heteroatoms. The minimum atomic E-state index is 0. The highest BCUT2D eigenvalue weighted by Crippen LogP contribution is 2.51. The first kappa shape index (κ1) is 36.0. The third-order valence-corrected chi connectivity index (χ3v) is 6.61. The minimum Gasteiger partial charge on any atom is -0.0776 e. The molecule has 160 valence electrons. The second-order valence-electron chi connectivity index (χ2n) is 8.39. The van der Waals surface area contributed by atoms with Gasteiger partial charge in [-0.2, -0.15) is 0 Å². The van der Waals surface area contributed by atoms with Crippen molar-refractivity contribution in [2.75, 3.05) is 0 Å². The topological polar surface area (TPSA) is 0 Å². The van der Waals surface area contributed by atoms with Crippen LogP contribution in [0.4, 0.5) is 0 Å². The standard InChI is InChI=1S/C19H36.6CH4/c1-7-17-10-15(5)19(16(6)11-17)18-13(3)8-12(2)9-14(18)4;;;;;;/h12-19H,7-11H2,1-6H3;6*1H4. The quantitative estimate of drug-likeness (QED) is 0.459. The third kappa shape index (κ3) is 8.04. The average Bonchev–Trinajstić information content (AvgIpc) is 2.31. The molecule has 4 atom stereocenters. The molecule has 0 aliphatic heterocycles. The lowest BCUT2D eigenvalue weighted by Crippen LogP contribution is -2.43. The van der Waals surface area contributed by atoms with Crippen LogP contribution in [0.25, 0.3) is 0 Å². The molecule has 0 nitrogen and oxygen atoms in total. The Morgan fingerprint density at radius 2 is 0.800 bits per heavy atom. The summed E-state index contributed by atoms with van der Waals surface area (Å²) in [6, 6.07) is 0. The van der Waals surface area contributed by atoms with Crippen LogP contribution in [0.5, 0.6) is 0 Å². The molecule has 4 unspecified atom stereocenters. The second-order valence-corrected chi connectivity index (χ2v) is 8.39. The zero-order chi connectivity index (χ0) is 14.2. The van der Waals surface area contributed by atoms with E-state index in [9.17, 15) is 0 Å². The predicted octanol–water partition coefficient (Wildman–Crippen LogP) is 9.83. The van der Waals surface area contributed by atoms with Crippen LogP contribution in [0.1, 0.15) is 118 Å². The van der Waals surface area contributed by atoms with E-state index in [0.717, 1.165) is 47.3 Å². The maximum absolute atomic E-state index is 2.56. The smallest absolute Gasteiger partial charge is 0.0329 e. The minimum absolute atomic E-state index is 0. The van der Waals surface area contributed by atoms with Gasteiger partial charge in [0.25, 0.3) is 0 Å². The summed E-state index contributed by atoms with van der Waals surface area (Å²) in [5, 5.41) is 0. The molecule has 2 aliphatic rings. The summed E-state index contributed by atoms with van der Waals surface area (Å²) in [6.45, 7) is 15.0. The summed E-state index contributed by atoms with van der Waals surface area (Å²) < 4.78 is 0. The van der Waals surface area contributed by atoms with E-state index in [1.807, 2.05) is 0 Å². The molecule has 0 amide bonds. The summed E-state index contributed by atoms with van der Waals surface area (Å²) in [6.07, 6.45) is 7.34. The zero-order valence-corrected chi connectivity index (χ0v) is 14.2. The van der Waals surface area contributed by atoms with Crippen molar-refractivity contribution < 1.29 is 0 Å². The van der Waals surface area contributed by atoms with Gasteiger partial charge < -0.3 is 0 Å². The van der Waals surface area contributed by atoms with E-state index in [2.05, 4.69) is 41.5 Å². The molecule has 0 aromatic heterocycles. The van der Waals surface area contributed by atoms with Crippen molar-refractivity contribution in [3.8, 4) is 0 Å². The molecular weight excluding hydrogens is 300 g/mol. The first-order valence-electron chi connectivity index (χ1n) is 8.93. The summed E-state index contributed by atoms with van der Waals surface area (Å²) >= 11 is 0. The Bertz CT molecular complexity index is 258. The van der Waals surface area contributed by atoms with Gasteiger partial charge in [-0.25, -0.2) is 0 Å². The maximum atomic E-state index is 2.56. The molecule has 25 heavy (non-hydrogen) atoms. The van der Waals surface area contributed by atoms with E-state index < -0.39 is 0 Å². The van der Waals surface area contributed by atoms with E-state index in [0.29, 0.717) is 0 Å². The Labute approximate surface area is 166 Å². The van der Waals surface area contributed by atoms with Crippen molar-refractivity contribution in [2.24, 2.45) is 47.3 Å². The van der Waals surface area contributed by atoms with E-state index in [-0.39, 0.29) is 44.6 Å². The summed E-state index contributed by atoms with van der Waals surface area (Å²) in [5.41, 5.74) is 0. The van der Waals surface area contributed by atoms with Crippen molar-refractivity contribution in [2.45, 2.75) is 118 Å². The van der Waals surface area contributed by atoms with Crippen molar-refractivity contribution in [3.05, 3.63) is 0 Å². The van der Waals surface area contributed by atoms with Crippen LogP contribution in [-0.4, -0.2) is 0 Å². The predicted molar refractivity (Wildman–Crippen MR) is 125 cm³/mol. The normalized spacial score (nSPS) is 39.6. The van der Waals surface area contributed by atoms with E-state index >= 15 is 0 Å². The molecule has 0 heterocycles. The largest absolute Gasteiger partial charge is 0.0776 e. The van der Waals surface area contributed by atoms with Crippen molar-refractivity contribution in [1.29, 1.82) is 0 Å². The van der Waals surface area contributed by atoms with Crippen LogP contribution in [-0.2, 0) is 0 Å². The van der Waals surface area contributed by atoms with Gasteiger partial charge in [0, 0.05) is 0 Å². The van der Waals surface area contributed by atoms with Gasteiger partial charge in [-0.1, -0.05) is 92.5 Å². The van der Waals surface area contributed by atoms with Gasteiger partial charge in [-0.15, -0.1) is 0 Å². The Morgan fingerprint density at radius 1 is 0.520 bits per heavy atom. The molecule has 0 aromatic carbocycles. The molecular formula is C25H60. The Morgan fingerprint density at radius 3 is 1.08 bits per heavy atom. The molecule has 0 N–H and O–H groups in total. The highest BCUT2D eigenvalue weighted by atomic mass is 14.5. The summed E-state index contributed by atoms with van der Waals surface area (Å²) in [5.74, 6) is 7.78. The highest BCUT2D eigenvalue weighted by Gasteiger charge is 2.43. The number of hydrogen-bond acceptors (Lipinski definition) is 0. The molecule has 0 saturated heterocycles. The van der Waals surface area contributed by atoms with Gasteiger partial charge in [0.15, 0.2) is 0 Å². The van der Waals surface area contributed by atoms with Crippen molar-refractivity contribution in [1.82, 2.24) is 0 Å². The van der Waals surface area contributed by atoms with Crippen molar-refractivity contribution in [3.63, 3.8) is 0 Å². The maximum Gasteiger partial charge on any atom is -0.0329 e. The first-order valence-corrected chi connectivity index (χ1v) is 8.93. The average molecular weight is 361 g/mol. The summed E-state index contributed by atoms with van der Waals surface area (Å²) in [7, 11) is 0. The number of rotatable bonds is 2. The molecule has 2 fully saturated rings. The van der Waals surface area contributed by atoms with Crippen LogP contribution >= 0.6 is 0 Å². The Hall–Kier alpha value is 0. The second kappa shape index (κ2) is 15.1. The van der Waals surface area contributed by atoms with Gasteiger partial charge in [0.05, 0.1) is 0 Å². The Balaban J connectivity index is -0.000000222. The fourth-order valence-electron chi connectivity index (χ4n) is 6.11. The lowest BCUT2D eigenvalue weighted by molar-refractivity contribution is -0.00873. The fourth-order valence-corrected chi connectivity index (χ4v) is 6.11. The van der Waals surface area contributed by atoms with Gasteiger partial charge >= 0.3 is 0 Å². The zero-order valence-electron chi connectivity index (χ0n) is 14.2. The molecule has 0 aromatic rings. The molecule has 2 saturated carbocycles. The van der Waals surface area contributed by atoms with E-state index in [1.54, 1.807) is 0 Å². The third-order valence-electron chi connectivity index (χ3n) is 6.61. The van der Waals surface area contributed by atoms with Crippen LogP contribution in [0.3, 0.4) is 0 Å². The van der Waals surface area contributed by atoms with Crippen LogP contribution < -0.4 is 0 Å². The lowest BCUT2D eigenvalue weighted by Gasteiger charge is -2.50. The first-order chi connectivity index (χ1) is 8.93. The highest BCUT2D eigenvalue weighted by molar-refractivity contribution is 4.92. The molecule has 0 bridgehead atoms. The van der Waals surface area contributed by atoms with Crippen LogP contribution in [0.2, 0.25) is 0 Å².